The Morgan fingerprint density at radius 3 is 2.79 bits per heavy atom. The van der Waals surface area contributed by atoms with Crippen molar-refractivity contribution in [3.05, 3.63) is 35.4 Å². The molecule has 1 saturated carbocycles. The van der Waals surface area contributed by atoms with Gasteiger partial charge in [-0.15, -0.1) is 0 Å². The average Bonchev–Trinajstić information content (AvgIpc) is 2.42. The lowest BCUT2D eigenvalue weighted by molar-refractivity contribution is -0.125. The van der Waals surface area contributed by atoms with E-state index in [1.807, 2.05) is 12.1 Å². The first-order valence-electron chi connectivity index (χ1n) is 6.97. The molecule has 3 N–H and O–H groups in total. The number of aliphatic hydroxyl groups is 1. The quantitative estimate of drug-likeness (QED) is 0.751. The summed E-state index contributed by atoms with van der Waals surface area (Å²) < 4.78 is 0. The minimum absolute atomic E-state index is 0.00479. The summed E-state index contributed by atoms with van der Waals surface area (Å²) in [5, 5.41) is 16.1. The third kappa shape index (κ3) is 2.65. The fraction of sp³-hybridized carbons (Fsp3) is 0.533. The second-order valence-corrected chi connectivity index (χ2v) is 5.70. The van der Waals surface area contributed by atoms with Crippen LogP contribution in [0.2, 0.25) is 0 Å². The smallest absolute Gasteiger partial charge is 0.237 e. The van der Waals surface area contributed by atoms with Crippen LogP contribution in [0.1, 0.15) is 30.4 Å². The highest BCUT2D eigenvalue weighted by Crippen LogP contribution is 2.30. The lowest BCUT2D eigenvalue weighted by Crippen LogP contribution is -2.53. The van der Waals surface area contributed by atoms with Gasteiger partial charge in [0.1, 0.15) is 0 Å². The van der Waals surface area contributed by atoms with Crippen LogP contribution >= 0.6 is 0 Å². The van der Waals surface area contributed by atoms with Gasteiger partial charge in [0.2, 0.25) is 5.91 Å². The monoisotopic (exact) mass is 260 g/mol. The van der Waals surface area contributed by atoms with E-state index in [0.29, 0.717) is 6.54 Å². The first-order valence-corrected chi connectivity index (χ1v) is 6.97. The van der Waals surface area contributed by atoms with E-state index in [9.17, 15) is 9.90 Å². The van der Waals surface area contributed by atoms with E-state index in [-0.39, 0.29) is 11.9 Å². The van der Waals surface area contributed by atoms with Crippen LogP contribution in [0.4, 0.5) is 0 Å². The number of benzene rings is 1. The summed E-state index contributed by atoms with van der Waals surface area (Å²) in [5.74, 6) is -0.00479. The van der Waals surface area contributed by atoms with Crippen LogP contribution in [-0.2, 0) is 17.8 Å². The van der Waals surface area contributed by atoms with Crippen LogP contribution in [0.25, 0.3) is 0 Å². The number of fused-ring (bicyclic) bond motifs is 1. The van der Waals surface area contributed by atoms with E-state index in [0.717, 1.165) is 32.2 Å². The van der Waals surface area contributed by atoms with Crippen molar-refractivity contribution in [3.63, 3.8) is 0 Å². The number of rotatable bonds is 3. The molecule has 0 aromatic heterocycles. The third-order valence-electron chi connectivity index (χ3n) is 4.27. The lowest BCUT2D eigenvalue weighted by atomic mass is 9.80. The van der Waals surface area contributed by atoms with Crippen LogP contribution in [0.3, 0.4) is 0 Å². The fourth-order valence-corrected chi connectivity index (χ4v) is 2.78. The van der Waals surface area contributed by atoms with Gasteiger partial charge in [-0.3, -0.25) is 4.79 Å². The summed E-state index contributed by atoms with van der Waals surface area (Å²) in [4.78, 5) is 12.1. The largest absolute Gasteiger partial charge is 0.388 e. The molecule has 1 fully saturated rings. The molecule has 4 heteroatoms. The Kier molecular flexibility index (Phi) is 3.29. The normalized spacial score (nSPS) is 24.2. The van der Waals surface area contributed by atoms with Crippen LogP contribution in [-0.4, -0.2) is 29.2 Å². The second-order valence-electron chi connectivity index (χ2n) is 5.70. The minimum Gasteiger partial charge on any atom is -0.388 e. The van der Waals surface area contributed by atoms with Gasteiger partial charge in [0.05, 0.1) is 11.6 Å². The highest BCUT2D eigenvalue weighted by molar-refractivity contribution is 5.82. The van der Waals surface area contributed by atoms with Gasteiger partial charge >= 0.3 is 0 Å². The van der Waals surface area contributed by atoms with Crippen molar-refractivity contribution in [3.8, 4) is 0 Å². The van der Waals surface area contributed by atoms with Gasteiger partial charge in [-0.25, -0.2) is 0 Å². The molecule has 0 saturated heterocycles. The summed E-state index contributed by atoms with van der Waals surface area (Å²) in [6.45, 7) is 1.12. The van der Waals surface area contributed by atoms with E-state index in [2.05, 4.69) is 22.8 Å². The molecule has 2 aliphatic rings. The lowest BCUT2D eigenvalue weighted by Gasteiger charge is -2.37. The topological polar surface area (TPSA) is 61.4 Å². The zero-order valence-electron chi connectivity index (χ0n) is 11.0. The predicted molar refractivity (Wildman–Crippen MR) is 72.6 cm³/mol. The number of carbonyl (C=O) groups is 1. The van der Waals surface area contributed by atoms with Gasteiger partial charge in [0.25, 0.3) is 0 Å². The molecule has 4 nitrogen and oxygen atoms in total. The third-order valence-corrected chi connectivity index (χ3v) is 4.27. The van der Waals surface area contributed by atoms with Gasteiger partial charge in [-0.2, -0.15) is 0 Å². The molecule has 0 bridgehead atoms. The molecule has 1 atom stereocenters. The zero-order valence-corrected chi connectivity index (χ0v) is 11.0. The Morgan fingerprint density at radius 1 is 1.37 bits per heavy atom. The fourth-order valence-electron chi connectivity index (χ4n) is 2.78. The van der Waals surface area contributed by atoms with E-state index in [1.54, 1.807) is 0 Å². The van der Waals surface area contributed by atoms with Crippen LogP contribution in [0, 0.1) is 0 Å². The van der Waals surface area contributed by atoms with Crippen molar-refractivity contribution >= 4 is 5.91 Å². The maximum atomic E-state index is 12.1. The first kappa shape index (κ1) is 12.6. The van der Waals surface area contributed by atoms with Crippen LogP contribution < -0.4 is 10.6 Å². The Bertz CT molecular complexity index is 483. The van der Waals surface area contributed by atoms with E-state index >= 15 is 0 Å². The molecule has 1 aliphatic carbocycles. The van der Waals surface area contributed by atoms with E-state index in [1.165, 1.54) is 11.1 Å². The van der Waals surface area contributed by atoms with Crippen LogP contribution in [0.15, 0.2) is 24.3 Å². The van der Waals surface area contributed by atoms with Crippen LogP contribution in [0.5, 0.6) is 0 Å². The number of amides is 1. The van der Waals surface area contributed by atoms with Gasteiger partial charge < -0.3 is 15.7 Å². The van der Waals surface area contributed by atoms with Crippen molar-refractivity contribution < 1.29 is 9.90 Å². The van der Waals surface area contributed by atoms with Crippen molar-refractivity contribution in [2.45, 2.75) is 43.9 Å². The SMILES string of the molecule is O=C(NCC1(O)CCC1)[C@@H]1Cc2ccccc2CN1. The second kappa shape index (κ2) is 4.94. The molecule has 1 amide bonds. The zero-order chi connectivity index (χ0) is 13.3. The molecule has 1 aromatic rings. The van der Waals surface area contributed by atoms with Gasteiger partial charge in [-0.1, -0.05) is 24.3 Å². The molecule has 3 rings (SSSR count). The minimum atomic E-state index is -0.651. The molecule has 1 heterocycles. The molecule has 0 unspecified atom stereocenters. The molecule has 0 radical (unpaired) electrons. The van der Waals surface area contributed by atoms with Crippen molar-refractivity contribution in [1.82, 2.24) is 10.6 Å². The number of nitrogens with one attached hydrogen (secondary N) is 2. The van der Waals surface area contributed by atoms with Gasteiger partial charge in [-0.05, 0) is 36.8 Å². The molecule has 102 valence electrons. The maximum absolute atomic E-state index is 12.1. The molecule has 1 aromatic carbocycles. The molecule has 19 heavy (non-hydrogen) atoms. The van der Waals surface area contributed by atoms with Crippen molar-refractivity contribution in [2.24, 2.45) is 0 Å². The molecular formula is C15H20N2O2. The Hall–Kier alpha value is -1.39. The highest BCUT2D eigenvalue weighted by Gasteiger charge is 2.35. The molecule has 0 spiro atoms. The first-order chi connectivity index (χ1) is 9.16. The molecule has 1 aliphatic heterocycles. The van der Waals surface area contributed by atoms with E-state index < -0.39 is 5.60 Å². The molecular weight excluding hydrogens is 240 g/mol. The van der Waals surface area contributed by atoms with E-state index in [4.69, 9.17) is 0 Å². The Morgan fingerprint density at radius 2 is 2.11 bits per heavy atom. The summed E-state index contributed by atoms with van der Waals surface area (Å²) in [7, 11) is 0. The standard InChI is InChI=1S/C15H20N2O2/c18-14(17-10-15(19)6-3-7-15)13-8-11-4-1-2-5-12(11)9-16-13/h1-2,4-5,13,16,19H,3,6-10H2,(H,17,18)/t13-/m0/s1. The summed E-state index contributed by atoms with van der Waals surface area (Å²) in [5.41, 5.74) is 1.86. The Labute approximate surface area is 113 Å². The highest BCUT2D eigenvalue weighted by atomic mass is 16.3. The van der Waals surface area contributed by atoms with Crippen molar-refractivity contribution in [1.29, 1.82) is 0 Å². The maximum Gasteiger partial charge on any atom is 0.237 e. The van der Waals surface area contributed by atoms with Gasteiger partial charge in [0, 0.05) is 13.1 Å². The number of hydrogen-bond acceptors (Lipinski definition) is 3. The van der Waals surface area contributed by atoms with Gasteiger partial charge in [0.15, 0.2) is 0 Å². The summed E-state index contributed by atoms with van der Waals surface area (Å²) in [6, 6.07) is 8.02. The summed E-state index contributed by atoms with van der Waals surface area (Å²) >= 11 is 0. The van der Waals surface area contributed by atoms with Crippen molar-refractivity contribution in [2.75, 3.05) is 6.54 Å². The number of carbonyl (C=O) groups excluding carboxylic acids is 1. The Balaban J connectivity index is 1.57. The average molecular weight is 260 g/mol. The number of hydrogen-bond donors (Lipinski definition) is 3. The summed E-state index contributed by atoms with van der Waals surface area (Å²) in [6.07, 6.45) is 3.38. The predicted octanol–water partition coefficient (Wildman–Crippen LogP) is 0.732.